The van der Waals surface area contributed by atoms with Crippen molar-refractivity contribution in [1.82, 2.24) is 9.55 Å². The van der Waals surface area contributed by atoms with Crippen molar-refractivity contribution in [2.24, 2.45) is 0 Å². The highest BCUT2D eigenvalue weighted by molar-refractivity contribution is 7.17. The van der Waals surface area contributed by atoms with E-state index in [1.807, 2.05) is 62.5 Å². The lowest BCUT2D eigenvalue weighted by Crippen LogP contribution is -2.31. The van der Waals surface area contributed by atoms with Crippen molar-refractivity contribution in [3.63, 3.8) is 0 Å². The highest BCUT2D eigenvalue weighted by Crippen LogP contribution is 2.33. The number of rotatable bonds is 4. The molecule has 0 spiro atoms. The molecule has 6 heteroatoms. The van der Waals surface area contributed by atoms with Crippen molar-refractivity contribution in [2.45, 2.75) is 33.7 Å². The SMILES string of the molecule is Cc1ccc(NC(=O)[C@@H](C)n2cnc3scc(-c4ccc(C)cc4C)c3c2=O)cc1. The Hall–Kier alpha value is -3.25. The first-order chi connectivity index (χ1) is 14.3. The third kappa shape index (κ3) is 3.66. The number of hydrogen-bond donors (Lipinski definition) is 1. The van der Waals surface area contributed by atoms with Crippen LogP contribution in [0.1, 0.15) is 29.7 Å². The molecule has 0 radical (unpaired) electrons. The van der Waals surface area contributed by atoms with Crippen LogP contribution in [0.5, 0.6) is 0 Å². The summed E-state index contributed by atoms with van der Waals surface area (Å²) in [6.07, 6.45) is 1.46. The monoisotopic (exact) mass is 417 g/mol. The number of anilines is 1. The molecule has 1 amide bonds. The molecule has 0 fully saturated rings. The predicted molar refractivity (Wildman–Crippen MR) is 123 cm³/mol. The fourth-order valence-corrected chi connectivity index (χ4v) is 4.44. The molecule has 4 aromatic rings. The zero-order valence-corrected chi connectivity index (χ0v) is 18.2. The number of nitrogens with zero attached hydrogens (tertiary/aromatic N) is 2. The van der Waals surface area contributed by atoms with Gasteiger partial charge >= 0.3 is 0 Å². The Morgan fingerprint density at radius 3 is 2.43 bits per heavy atom. The Labute approximate surface area is 179 Å². The number of hydrogen-bond acceptors (Lipinski definition) is 4. The first kappa shape index (κ1) is 20.0. The molecule has 0 aliphatic carbocycles. The van der Waals surface area contributed by atoms with Crippen molar-refractivity contribution in [2.75, 3.05) is 5.32 Å². The van der Waals surface area contributed by atoms with Gasteiger partial charge in [-0.1, -0.05) is 41.5 Å². The maximum absolute atomic E-state index is 13.4. The third-order valence-electron chi connectivity index (χ3n) is 5.31. The number of benzene rings is 2. The minimum absolute atomic E-state index is 0.206. The van der Waals surface area contributed by atoms with Crippen LogP contribution in [0.25, 0.3) is 21.3 Å². The highest BCUT2D eigenvalue weighted by atomic mass is 32.1. The molecule has 30 heavy (non-hydrogen) atoms. The Balaban J connectivity index is 1.73. The van der Waals surface area contributed by atoms with E-state index in [-0.39, 0.29) is 11.5 Å². The highest BCUT2D eigenvalue weighted by Gasteiger charge is 2.21. The number of nitrogens with one attached hydrogen (secondary N) is 1. The lowest BCUT2D eigenvalue weighted by atomic mass is 9.99. The summed E-state index contributed by atoms with van der Waals surface area (Å²) in [7, 11) is 0. The minimum atomic E-state index is -0.692. The molecule has 1 N–H and O–H groups in total. The molecule has 0 saturated heterocycles. The summed E-state index contributed by atoms with van der Waals surface area (Å²) in [5, 5.41) is 5.40. The summed E-state index contributed by atoms with van der Waals surface area (Å²) < 4.78 is 1.41. The van der Waals surface area contributed by atoms with Gasteiger partial charge in [-0.25, -0.2) is 4.98 Å². The van der Waals surface area contributed by atoms with E-state index in [1.165, 1.54) is 27.8 Å². The first-order valence-corrected chi connectivity index (χ1v) is 10.7. The Morgan fingerprint density at radius 1 is 1.03 bits per heavy atom. The van der Waals surface area contributed by atoms with E-state index in [0.29, 0.717) is 15.9 Å². The molecule has 5 nitrogen and oxygen atoms in total. The van der Waals surface area contributed by atoms with Crippen LogP contribution in [-0.4, -0.2) is 15.5 Å². The zero-order chi connectivity index (χ0) is 21.4. The largest absolute Gasteiger partial charge is 0.324 e. The van der Waals surface area contributed by atoms with Crippen LogP contribution in [0.2, 0.25) is 0 Å². The summed E-state index contributed by atoms with van der Waals surface area (Å²) in [5.41, 5.74) is 5.77. The maximum Gasteiger partial charge on any atom is 0.263 e. The topological polar surface area (TPSA) is 64.0 Å². The third-order valence-corrected chi connectivity index (χ3v) is 6.19. The Morgan fingerprint density at radius 2 is 1.73 bits per heavy atom. The van der Waals surface area contributed by atoms with Crippen molar-refractivity contribution >= 4 is 33.1 Å². The van der Waals surface area contributed by atoms with Gasteiger partial charge in [0.1, 0.15) is 10.9 Å². The molecule has 0 aliphatic heterocycles. The zero-order valence-electron chi connectivity index (χ0n) is 17.4. The standard InChI is InChI=1S/C24H23N3O2S/c1-14-5-8-18(9-6-14)26-22(28)17(4)27-13-25-23-21(24(27)29)20(12-30-23)19-10-7-15(2)11-16(19)3/h5-13,17H,1-4H3,(H,26,28)/t17-/m1/s1. The van der Waals surface area contributed by atoms with Crippen LogP contribution in [0.15, 0.2) is 59.0 Å². The van der Waals surface area contributed by atoms with E-state index in [4.69, 9.17) is 0 Å². The van der Waals surface area contributed by atoms with Gasteiger partial charge in [0.15, 0.2) is 0 Å². The van der Waals surface area contributed by atoms with Crippen molar-refractivity contribution in [1.29, 1.82) is 0 Å². The molecule has 0 unspecified atom stereocenters. The molecule has 2 heterocycles. The van der Waals surface area contributed by atoms with Gasteiger partial charge < -0.3 is 5.32 Å². The second kappa shape index (κ2) is 7.88. The summed E-state index contributed by atoms with van der Waals surface area (Å²) in [5.74, 6) is -0.259. The van der Waals surface area contributed by atoms with Gasteiger partial charge in [-0.15, -0.1) is 11.3 Å². The average Bonchev–Trinajstić information content (AvgIpc) is 3.14. The number of fused-ring (bicyclic) bond motifs is 1. The molecular weight excluding hydrogens is 394 g/mol. The number of aryl methyl sites for hydroxylation is 3. The fourth-order valence-electron chi connectivity index (χ4n) is 3.55. The van der Waals surface area contributed by atoms with E-state index < -0.39 is 6.04 Å². The maximum atomic E-state index is 13.4. The van der Waals surface area contributed by atoms with Crippen LogP contribution in [-0.2, 0) is 4.79 Å². The molecule has 152 valence electrons. The number of amides is 1. The molecule has 2 aromatic heterocycles. The summed E-state index contributed by atoms with van der Waals surface area (Å²) >= 11 is 1.44. The first-order valence-electron chi connectivity index (χ1n) is 9.78. The summed E-state index contributed by atoms with van der Waals surface area (Å²) in [6, 6.07) is 13.1. The van der Waals surface area contributed by atoms with Crippen molar-refractivity contribution in [3.8, 4) is 11.1 Å². The van der Waals surface area contributed by atoms with Gasteiger partial charge in [0, 0.05) is 16.6 Å². The van der Waals surface area contributed by atoms with Crippen molar-refractivity contribution in [3.05, 3.63) is 81.2 Å². The molecule has 1 atom stereocenters. The van der Waals surface area contributed by atoms with E-state index >= 15 is 0 Å². The predicted octanol–water partition coefficient (Wildman–Crippen LogP) is 5.25. The second-order valence-corrected chi connectivity index (χ2v) is 8.49. The molecule has 4 rings (SSSR count). The average molecular weight is 418 g/mol. The van der Waals surface area contributed by atoms with Gasteiger partial charge in [0.05, 0.1) is 11.7 Å². The second-order valence-electron chi connectivity index (χ2n) is 7.64. The molecule has 0 saturated carbocycles. The van der Waals surface area contributed by atoms with E-state index in [9.17, 15) is 9.59 Å². The van der Waals surface area contributed by atoms with Crippen LogP contribution < -0.4 is 10.9 Å². The quantitative estimate of drug-likeness (QED) is 0.493. The van der Waals surface area contributed by atoms with Crippen LogP contribution in [0.3, 0.4) is 0 Å². The normalized spacial score (nSPS) is 12.1. The van der Waals surface area contributed by atoms with Crippen LogP contribution >= 0.6 is 11.3 Å². The number of carbonyl (C=O) groups excluding carboxylic acids is 1. The van der Waals surface area contributed by atoms with Crippen LogP contribution in [0, 0.1) is 20.8 Å². The number of carbonyl (C=O) groups is 1. The van der Waals surface area contributed by atoms with Crippen LogP contribution in [0.4, 0.5) is 5.69 Å². The molecule has 0 aliphatic rings. The van der Waals surface area contributed by atoms with E-state index in [0.717, 1.165) is 22.3 Å². The lowest BCUT2D eigenvalue weighted by molar-refractivity contribution is -0.118. The van der Waals surface area contributed by atoms with E-state index in [1.54, 1.807) is 6.92 Å². The smallest absolute Gasteiger partial charge is 0.263 e. The van der Waals surface area contributed by atoms with Crippen molar-refractivity contribution < 1.29 is 4.79 Å². The van der Waals surface area contributed by atoms with Gasteiger partial charge in [-0.3, -0.25) is 14.2 Å². The molecular formula is C24H23N3O2S. The number of aromatic nitrogens is 2. The minimum Gasteiger partial charge on any atom is -0.324 e. The fraction of sp³-hybridized carbons (Fsp3) is 0.208. The lowest BCUT2D eigenvalue weighted by Gasteiger charge is -2.15. The molecule has 0 bridgehead atoms. The Bertz CT molecular complexity index is 1300. The molecule has 2 aromatic carbocycles. The summed E-state index contributed by atoms with van der Waals surface area (Å²) in [6.45, 7) is 7.79. The van der Waals surface area contributed by atoms with Gasteiger partial charge in [0.25, 0.3) is 5.56 Å². The van der Waals surface area contributed by atoms with Gasteiger partial charge in [-0.2, -0.15) is 0 Å². The van der Waals surface area contributed by atoms with E-state index in [2.05, 4.69) is 16.4 Å². The van der Waals surface area contributed by atoms with Gasteiger partial charge in [0.2, 0.25) is 5.91 Å². The number of thiophene rings is 1. The summed E-state index contributed by atoms with van der Waals surface area (Å²) in [4.78, 5) is 31.3. The van der Waals surface area contributed by atoms with Gasteiger partial charge in [-0.05, 0) is 51.0 Å². The Kier molecular flexibility index (Phi) is 5.26.